The van der Waals surface area contributed by atoms with E-state index in [0.29, 0.717) is 12.8 Å². The van der Waals surface area contributed by atoms with E-state index >= 15 is 0 Å². The van der Waals surface area contributed by atoms with Gasteiger partial charge in [0.2, 0.25) is 0 Å². The lowest BCUT2D eigenvalue weighted by Gasteiger charge is -2.36. The van der Waals surface area contributed by atoms with Gasteiger partial charge in [-0.2, -0.15) is 4.57 Å². The van der Waals surface area contributed by atoms with Crippen LogP contribution in [0, 0.1) is 24.7 Å². The van der Waals surface area contributed by atoms with Crippen molar-refractivity contribution in [2.75, 3.05) is 0 Å². The summed E-state index contributed by atoms with van der Waals surface area (Å²) in [6, 6.07) is 4.26. The van der Waals surface area contributed by atoms with Crippen molar-refractivity contribution in [1.82, 2.24) is 0 Å². The van der Waals surface area contributed by atoms with Crippen molar-refractivity contribution in [3.05, 3.63) is 30.1 Å². The number of hydrogen-bond donors (Lipinski definition) is 0. The van der Waals surface area contributed by atoms with E-state index in [1.165, 1.54) is 24.8 Å². The Kier molecular flexibility index (Phi) is 6.97. The van der Waals surface area contributed by atoms with Crippen LogP contribution in [0.15, 0.2) is 24.5 Å². The largest absolute Gasteiger partial charge is 1.00 e. The third kappa shape index (κ3) is 4.75. The number of pyridine rings is 1. The SMILES string of the molecule is Cc1cc[n+](CO[C@@H]2C[C@H](C)CC[C@H]2C(C)C)cc1.[Cl-]. The third-order valence-electron chi connectivity index (χ3n) is 4.46. The van der Waals surface area contributed by atoms with E-state index in [4.69, 9.17) is 4.74 Å². The van der Waals surface area contributed by atoms with Crippen LogP contribution in [0.2, 0.25) is 0 Å². The number of aryl methyl sites for hydroxylation is 1. The molecule has 0 saturated heterocycles. The van der Waals surface area contributed by atoms with Crippen LogP contribution in [0.5, 0.6) is 0 Å². The van der Waals surface area contributed by atoms with Crippen LogP contribution in [0.1, 0.15) is 45.6 Å². The zero-order valence-corrected chi connectivity index (χ0v) is 13.9. The fourth-order valence-electron chi connectivity index (χ4n) is 3.11. The summed E-state index contributed by atoms with van der Waals surface area (Å²) in [4.78, 5) is 0. The standard InChI is InChI=1S/C17H28NO.ClH/c1-13(2)16-6-5-15(4)11-17(16)19-12-18-9-7-14(3)8-10-18;/h7-10,13,15-17H,5-6,11-12H2,1-4H3;1H/q+1;/p-1/t15-,16+,17-;/m1./s1. The Morgan fingerprint density at radius 2 is 1.90 bits per heavy atom. The Hall–Kier alpha value is -0.600. The second-order valence-corrected chi connectivity index (χ2v) is 6.55. The summed E-state index contributed by atoms with van der Waals surface area (Å²) in [6.07, 6.45) is 8.54. The molecule has 1 heterocycles. The second kappa shape index (κ2) is 7.99. The Balaban J connectivity index is 0.00000200. The van der Waals surface area contributed by atoms with Gasteiger partial charge >= 0.3 is 0 Å². The third-order valence-corrected chi connectivity index (χ3v) is 4.46. The van der Waals surface area contributed by atoms with Gasteiger partial charge in [0.15, 0.2) is 12.4 Å². The molecule has 1 saturated carbocycles. The van der Waals surface area contributed by atoms with Crippen LogP contribution in [0.25, 0.3) is 0 Å². The molecular weight excluding hydrogens is 270 g/mol. The van der Waals surface area contributed by atoms with Crippen molar-refractivity contribution < 1.29 is 21.7 Å². The molecule has 2 nitrogen and oxygen atoms in total. The summed E-state index contributed by atoms with van der Waals surface area (Å²) in [7, 11) is 0. The van der Waals surface area contributed by atoms with Gasteiger partial charge in [-0.25, -0.2) is 0 Å². The maximum absolute atomic E-state index is 6.22. The maximum Gasteiger partial charge on any atom is 0.252 e. The quantitative estimate of drug-likeness (QED) is 0.747. The Labute approximate surface area is 130 Å². The Morgan fingerprint density at radius 1 is 1.25 bits per heavy atom. The van der Waals surface area contributed by atoms with Gasteiger partial charge < -0.3 is 17.1 Å². The average Bonchev–Trinajstić information content (AvgIpc) is 2.38. The molecule has 0 aliphatic heterocycles. The van der Waals surface area contributed by atoms with Crippen molar-refractivity contribution >= 4 is 0 Å². The summed E-state index contributed by atoms with van der Waals surface area (Å²) in [5.41, 5.74) is 1.29. The first-order valence-corrected chi connectivity index (χ1v) is 7.63. The summed E-state index contributed by atoms with van der Waals surface area (Å²) >= 11 is 0. The van der Waals surface area contributed by atoms with E-state index in [-0.39, 0.29) is 12.4 Å². The molecule has 114 valence electrons. The lowest BCUT2D eigenvalue weighted by molar-refractivity contribution is -0.735. The normalized spacial score (nSPS) is 26.4. The van der Waals surface area contributed by atoms with Crippen LogP contribution in [0.4, 0.5) is 0 Å². The highest BCUT2D eigenvalue weighted by Gasteiger charge is 2.31. The average molecular weight is 298 g/mol. The highest BCUT2D eigenvalue weighted by molar-refractivity contribution is 5.03. The van der Waals surface area contributed by atoms with Gasteiger partial charge in [0, 0.05) is 12.1 Å². The van der Waals surface area contributed by atoms with Gasteiger partial charge in [-0.1, -0.05) is 27.2 Å². The molecule has 0 aromatic carbocycles. The second-order valence-electron chi connectivity index (χ2n) is 6.55. The molecule has 0 N–H and O–H groups in total. The molecule has 0 radical (unpaired) electrons. The number of nitrogens with zero attached hydrogens (tertiary/aromatic N) is 1. The number of ether oxygens (including phenoxy) is 1. The van der Waals surface area contributed by atoms with E-state index in [1.807, 2.05) is 0 Å². The molecule has 2 rings (SSSR count). The van der Waals surface area contributed by atoms with Gasteiger partial charge in [-0.3, -0.25) is 0 Å². The summed E-state index contributed by atoms with van der Waals surface area (Å²) < 4.78 is 8.34. The predicted octanol–water partition coefficient (Wildman–Crippen LogP) is 0.721. The minimum absolute atomic E-state index is 0. The first-order chi connectivity index (χ1) is 9.06. The molecule has 1 aliphatic carbocycles. The van der Waals surface area contributed by atoms with Crippen molar-refractivity contribution in [2.24, 2.45) is 17.8 Å². The van der Waals surface area contributed by atoms with E-state index < -0.39 is 0 Å². The lowest BCUT2D eigenvalue weighted by Crippen LogP contribution is -3.00. The first kappa shape index (κ1) is 17.5. The molecule has 3 heteroatoms. The van der Waals surface area contributed by atoms with E-state index in [2.05, 4.69) is 56.8 Å². The number of halogens is 1. The lowest BCUT2D eigenvalue weighted by atomic mass is 9.75. The molecule has 0 amide bonds. The number of hydrogen-bond acceptors (Lipinski definition) is 1. The van der Waals surface area contributed by atoms with Crippen molar-refractivity contribution in [3.8, 4) is 0 Å². The van der Waals surface area contributed by atoms with Gasteiger partial charge in [0.05, 0.1) is 6.10 Å². The fraction of sp³-hybridized carbons (Fsp3) is 0.706. The first-order valence-electron chi connectivity index (χ1n) is 7.63. The van der Waals surface area contributed by atoms with Crippen molar-refractivity contribution in [1.29, 1.82) is 0 Å². The molecule has 0 bridgehead atoms. The number of rotatable bonds is 4. The Morgan fingerprint density at radius 3 is 2.50 bits per heavy atom. The van der Waals surface area contributed by atoms with Crippen molar-refractivity contribution in [3.63, 3.8) is 0 Å². The molecule has 1 aromatic rings. The molecule has 1 fully saturated rings. The van der Waals surface area contributed by atoms with Gasteiger partial charge in [-0.15, -0.1) is 0 Å². The number of aromatic nitrogens is 1. The molecule has 1 aromatic heterocycles. The topological polar surface area (TPSA) is 13.1 Å². The molecule has 0 unspecified atom stereocenters. The Bertz CT molecular complexity index is 390. The van der Waals surface area contributed by atoms with Crippen LogP contribution in [-0.4, -0.2) is 6.10 Å². The molecule has 3 atom stereocenters. The highest BCUT2D eigenvalue weighted by atomic mass is 35.5. The summed E-state index contributed by atoms with van der Waals surface area (Å²) in [6.45, 7) is 9.81. The maximum atomic E-state index is 6.22. The monoisotopic (exact) mass is 297 g/mol. The van der Waals surface area contributed by atoms with Crippen LogP contribution >= 0.6 is 0 Å². The predicted molar refractivity (Wildman–Crippen MR) is 77.6 cm³/mol. The molecular formula is C17H28ClNO. The smallest absolute Gasteiger partial charge is 0.252 e. The molecule has 20 heavy (non-hydrogen) atoms. The van der Waals surface area contributed by atoms with Crippen LogP contribution in [0.3, 0.4) is 0 Å². The van der Waals surface area contributed by atoms with E-state index in [1.54, 1.807) is 0 Å². The van der Waals surface area contributed by atoms with Crippen LogP contribution in [-0.2, 0) is 11.5 Å². The van der Waals surface area contributed by atoms with Crippen molar-refractivity contribution in [2.45, 2.75) is 59.8 Å². The van der Waals surface area contributed by atoms with E-state index in [9.17, 15) is 0 Å². The zero-order valence-electron chi connectivity index (χ0n) is 13.2. The summed E-state index contributed by atoms with van der Waals surface area (Å²) in [5, 5.41) is 0. The fourth-order valence-corrected chi connectivity index (χ4v) is 3.11. The van der Waals surface area contributed by atoms with Gasteiger partial charge in [0.25, 0.3) is 6.73 Å². The highest BCUT2D eigenvalue weighted by Crippen LogP contribution is 2.35. The minimum Gasteiger partial charge on any atom is -1.00 e. The van der Waals surface area contributed by atoms with Gasteiger partial charge in [0.1, 0.15) is 0 Å². The molecule has 0 spiro atoms. The summed E-state index contributed by atoms with van der Waals surface area (Å²) in [5.74, 6) is 2.26. The zero-order chi connectivity index (χ0) is 13.8. The van der Waals surface area contributed by atoms with Gasteiger partial charge in [-0.05, 0) is 43.1 Å². The van der Waals surface area contributed by atoms with E-state index in [0.717, 1.165) is 17.8 Å². The minimum atomic E-state index is 0. The molecule has 1 aliphatic rings. The van der Waals surface area contributed by atoms with Crippen LogP contribution < -0.4 is 17.0 Å².